The number of hydrogen-bond acceptors (Lipinski definition) is 3. The summed E-state index contributed by atoms with van der Waals surface area (Å²) < 4.78 is 40.4. The van der Waals surface area contributed by atoms with E-state index in [1.54, 1.807) is 0 Å². The summed E-state index contributed by atoms with van der Waals surface area (Å²) in [7, 11) is 0. The Balaban J connectivity index is 1.44. The predicted molar refractivity (Wildman–Crippen MR) is 110 cm³/mol. The lowest BCUT2D eigenvalue weighted by atomic mass is 9.45. The van der Waals surface area contributed by atoms with Gasteiger partial charge < -0.3 is 0 Å². The lowest BCUT2D eigenvalue weighted by Gasteiger charge is -2.60. The number of nitrogens with zero attached hydrogens (tertiary/aromatic N) is 2. The minimum Gasteiger partial charge on any atom is -0.273 e. The Hall–Kier alpha value is -2.38. The van der Waals surface area contributed by atoms with Crippen LogP contribution in [0.3, 0.4) is 0 Å². The van der Waals surface area contributed by atoms with E-state index in [-0.39, 0.29) is 28.1 Å². The van der Waals surface area contributed by atoms with Gasteiger partial charge in [0.05, 0.1) is 16.5 Å². The van der Waals surface area contributed by atoms with Gasteiger partial charge >= 0.3 is 6.18 Å². The van der Waals surface area contributed by atoms with E-state index in [1.165, 1.54) is 4.68 Å². The monoisotopic (exact) mass is 433 g/mol. The second-order valence-electron chi connectivity index (χ2n) is 10.1. The first-order valence-corrected chi connectivity index (χ1v) is 11.0. The molecule has 166 valence electrons. The molecule has 1 aromatic carbocycles. The van der Waals surface area contributed by atoms with Crippen LogP contribution in [0.15, 0.2) is 23.0 Å². The molecule has 0 aliphatic heterocycles. The normalized spacial score (nSPS) is 27.1. The van der Waals surface area contributed by atoms with Gasteiger partial charge in [-0.1, -0.05) is 13.8 Å². The lowest BCUT2D eigenvalue weighted by Crippen LogP contribution is -2.53. The summed E-state index contributed by atoms with van der Waals surface area (Å²) in [6.45, 7) is 4.54. The van der Waals surface area contributed by atoms with Crippen LogP contribution in [0.4, 0.5) is 13.2 Å². The van der Waals surface area contributed by atoms with Crippen LogP contribution >= 0.6 is 0 Å². The van der Waals surface area contributed by atoms with Crippen molar-refractivity contribution in [2.75, 3.05) is 5.43 Å². The van der Waals surface area contributed by atoms with Crippen LogP contribution < -0.4 is 11.0 Å². The maximum Gasteiger partial charge on any atom is 0.416 e. The van der Waals surface area contributed by atoms with Crippen molar-refractivity contribution in [1.82, 2.24) is 9.66 Å². The second kappa shape index (κ2) is 6.81. The maximum atomic E-state index is 13.1. The van der Waals surface area contributed by atoms with Crippen LogP contribution in [-0.4, -0.2) is 15.6 Å². The molecule has 1 aromatic heterocycles. The third kappa shape index (κ3) is 3.44. The van der Waals surface area contributed by atoms with Gasteiger partial charge in [-0.05, 0) is 73.5 Å². The van der Waals surface area contributed by atoms with E-state index in [9.17, 15) is 22.8 Å². The number of alkyl halides is 3. The average Bonchev–Trinajstić information content (AvgIpc) is 3.54. The van der Waals surface area contributed by atoms with Gasteiger partial charge in [-0.3, -0.25) is 15.0 Å². The van der Waals surface area contributed by atoms with Crippen LogP contribution in [-0.2, 0) is 11.0 Å². The molecule has 0 radical (unpaired) electrons. The number of halogens is 3. The molecule has 5 nitrogen and oxygen atoms in total. The molecule has 8 heteroatoms. The zero-order valence-electron chi connectivity index (χ0n) is 17.6. The number of fused-ring (bicyclic) bond motifs is 3. The van der Waals surface area contributed by atoms with Crippen LogP contribution in [0, 0.1) is 23.2 Å². The highest BCUT2D eigenvalue weighted by atomic mass is 19.4. The van der Waals surface area contributed by atoms with Gasteiger partial charge in [0.15, 0.2) is 0 Å². The van der Waals surface area contributed by atoms with E-state index in [0.29, 0.717) is 24.1 Å². The molecule has 0 spiro atoms. The molecule has 4 aliphatic rings. The summed E-state index contributed by atoms with van der Waals surface area (Å²) in [5, 5.41) is 0.0679. The van der Waals surface area contributed by atoms with Crippen molar-refractivity contribution in [3.05, 3.63) is 39.9 Å². The Kier molecular flexibility index (Phi) is 4.51. The van der Waals surface area contributed by atoms with E-state index >= 15 is 0 Å². The summed E-state index contributed by atoms with van der Waals surface area (Å²) in [5.41, 5.74) is 1.64. The van der Waals surface area contributed by atoms with Gasteiger partial charge in [0.1, 0.15) is 5.82 Å². The van der Waals surface area contributed by atoms with Crippen LogP contribution in [0.25, 0.3) is 10.9 Å². The van der Waals surface area contributed by atoms with Crippen LogP contribution in [0.1, 0.15) is 69.7 Å². The van der Waals surface area contributed by atoms with Crippen molar-refractivity contribution in [3.63, 3.8) is 0 Å². The topological polar surface area (TPSA) is 64.0 Å². The van der Waals surface area contributed by atoms with Crippen LogP contribution in [0.5, 0.6) is 0 Å². The van der Waals surface area contributed by atoms with Crippen molar-refractivity contribution in [2.45, 2.75) is 64.5 Å². The highest BCUT2D eigenvalue weighted by Gasteiger charge is 2.54. The molecule has 1 heterocycles. The molecule has 1 amide bonds. The zero-order valence-corrected chi connectivity index (χ0v) is 17.6. The molecular formula is C23H26F3N3O2. The number of amides is 1. The lowest BCUT2D eigenvalue weighted by molar-refractivity contribution is -0.137. The fraction of sp³-hybridized carbons (Fsp3) is 0.609. The molecule has 4 fully saturated rings. The molecule has 0 saturated heterocycles. The first-order chi connectivity index (χ1) is 14.6. The number of carbonyl (C=O) groups is 1. The van der Waals surface area contributed by atoms with Gasteiger partial charge in [-0.15, -0.1) is 0 Å². The van der Waals surface area contributed by atoms with Crippen molar-refractivity contribution in [3.8, 4) is 0 Å². The first kappa shape index (κ1) is 20.5. The SMILES string of the molecule is CC1(C)[C@H]2CC[C@@H](CC(=O)Nn3c(C4CC4)nc4cc(C(F)(F)F)ccc4c3=O)[C@H]1C2. The molecule has 2 bridgehead atoms. The summed E-state index contributed by atoms with van der Waals surface area (Å²) in [6, 6.07) is 2.93. The Labute approximate surface area is 178 Å². The molecule has 4 aliphatic carbocycles. The number of benzene rings is 1. The minimum absolute atomic E-state index is 0.0155. The second-order valence-corrected chi connectivity index (χ2v) is 10.1. The Morgan fingerprint density at radius 1 is 1.23 bits per heavy atom. The fourth-order valence-corrected chi connectivity index (χ4v) is 5.72. The van der Waals surface area contributed by atoms with Crippen LogP contribution in [0.2, 0.25) is 0 Å². The summed E-state index contributed by atoms with van der Waals surface area (Å²) in [5.74, 6) is 1.65. The molecule has 6 rings (SSSR count). The average molecular weight is 433 g/mol. The molecule has 3 atom stereocenters. The van der Waals surface area contributed by atoms with E-state index in [4.69, 9.17) is 0 Å². The quantitative estimate of drug-likeness (QED) is 0.752. The summed E-state index contributed by atoms with van der Waals surface area (Å²) >= 11 is 0. The summed E-state index contributed by atoms with van der Waals surface area (Å²) in [6.07, 6.45) is 0.757. The Bertz CT molecular complexity index is 1120. The third-order valence-electron chi connectivity index (χ3n) is 7.85. The number of nitrogens with one attached hydrogen (secondary N) is 1. The van der Waals surface area contributed by atoms with Crippen molar-refractivity contribution in [1.29, 1.82) is 0 Å². The van der Waals surface area contributed by atoms with Gasteiger partial charge in [0.25, 0.3) is 5.56 Å². The van der Waals surface area contributed by atoms with Crippen molar-refractivity contribution in [2.24, 2.45) is 23.2 Å². The largest absolute Gasteiger partial charge is 0.416 e. The minimum atomic E-state index is -4.51. The van der Waals surface area contributed by atoms with E-state index in [1.807, 2.05) is 0 Å². The molecule has 2 aromatic rings. The molecule has 4 saturated carbocycles. The van der Waals surface area contributed by atoms with Gasteiger partial charge in [-0.25, -0.2) is 9.66 Å². The molecule has 31 heavy (non-hydrogen) atoms. The zero-order chi connectivity index (χ0) is 22.1. The number of carbonyl (C=O) groups excluding carboxylic acids is 1. The predicted octanol–water partition coefficient (Wildman–Crippen LogP) is 4.83. The van der Waals surface area contributed by atoms with Gasteiger partial charge in [-0.2, -0.15) is 13.2 Å². The smallest absolute Gasteiger partial charge is 0.273 e. The highest BCUT2D eigenvalue weighted by Crippen LogP contribution is 2.62. The van der Waals surface area contributed by atoms with Crippen molar-refractivity contribution < 1.29 is 18.0 Å². The molecule has 1 N–H and O–H groups in total. The number of hydrogen-bond donors (Lipinski definition) is 1. The number of aromatic nitrogens is 2. The van der Waals surface area contributed by atoms with E-state index in [0.717, 1.165) is 56.2 Å². The fourth-order valence-electron chi connectivity index (χ4n) is 5.72. The van der Waals surface area contributed by atoms with E-state index < -0.39 is 17.3 Å². The van der Waals surface area contributed by atoms with Gasteiger partial charge in [0, 0.05) is 12.3 Å². The van der Waals surface area contributed by atoms with Crippen molar-refractivity contribution >= 4 is 16.8 Å². The summed E-state index contributed by atoms with van der Waals surface area (Å²) in [4.78, 5) is 30.3. The Morgan fingerprint density at radius 3 is 2.58 bits per heavy atom. The third-order valence-corrected chi connectivity index (χ3v) is 7.85. The molecule has 0 unspecified atom stereocenters. The maximum absolute atomic E-state index is 13.1. The highest BCUT2D eigenvalue weighted by molar-refractivity contribution is 5.85. The van der Waals surface area contributed by atoms with E-state index in [2.05, 4.69) is 24.3 Å². The van der Waals surface area contributed by atoms with Gasteiger partial charge in [0.2, 0.25) is 5.91 Å². The Morgan fingerprint density at radius 2 is 1.97 bits per heavy atom. The molecular weight excluding hydrogens is 407 g/mol. The standard InChI is InChI=1S/C23H26F3N3O2/c1-22(2)14-6-5-13(17(22)10-14)9-19(30)28-29-20(12-3-4-12)27-18-11-15(23(24,25)26)7-8-16(18)21(29)31/h7-8,11-14,17H,3-6,9-10H2,1-2H3,(H,28,30)/t13-,14-,17+/m0/s1. The first-order valence-electron chi connectivity index (χ1n) is 11.0. The number of rotatable bonds is 4.